The van der Waals surface area contributed by atoms with Crippen LogP contribution in [0.1, 0.15) is 73.8 Å². The number of aromatic amines is 1. The molecule has 5 heterocycles. The lowest BCUT2D eigenvalue weighted by Crippen LogP contribution is -2.36. The molecule has 1 aliphatic carbocycles. The average molecular weight is 464 g/mol. The number of thiophene rings is 1. The molecule has 1 aliphatic heterocycles. The number of nitrogens with zero attached hydrogens (tertiary/aromatic N) is 4. The predicted molar refractivity (Wildman–Crippen MR) is 134 cm³/mol. The fourth-order valence-electron chi connectivity index (χ4n) is 6.05. The maximum absolute atomic E-state index is 9.90. The number of nitrogens with one attached hydrogen (secondary N) is 1. The van der Waals surface area contributed by atoms with E-state index in [2.05, 4.69) is 59.1 Å². The molecule has 2 fully saturated rings. The lowest BCUT2D eigenvalue weighted by Gasteiger charge is -2.34. The minimum atomic E-state index is -0.112. The zero-order valence-corrected chi connectivity index (χ0v) is 20.5. The number of aromatic nitrogens is 4. The van der Waals surface area contributed by atoms with Crippen LogP contribution in [0.2, 0.25) is 0 Å². The van der Waals surface area contributed by atoms with Gasteiger partial charge in [0, 0.05) is 35.8 Å². The van der Waals surface area contributed by atoms with Crippen molar-refractivity contribution in [2.24, 2.45) is 0 Å². The molecule has 6 nitrogen and oxygen atoms in total. The number of rotatable bonds is 4. The predicted octanol–water partition coefficient (Wildman–Crippen LogP) is 5.46. The number of pyridine rings is 1. The van der Waals surface area contributed by atoms with Gasteiger partial charge in [-0.1, -0.05) is 13.8 Å². The van der Waals surface area contributed by atoms with Crippen LogP contribution in [0.4, 0.5) is 0 Å². The molecule has 1 saturated carbocycles. The molecule has 0 aromatic carbocycles. The molecule has 2 aliphatic rings. The molecule has 7 heteroatoms. The zero-order valence-electron chi connectivity index (χ0n) is 19.7. The van der Waals surface area contributed by atoms with Crippen LogP contribution in [0, 0.1) is 6.92 Å². The first-order valence-electron chi connectivity index (χ1n) is 12.4. The summed E-state index contributed by atoms with van der Waals surface area (Å²) in [4.78, 5) is 12.2. The SMILES string of the molecule is Cc1cc(-c2[nH]c3cc(C4CCC(N5CCC(O)C5)CC4)sc3c2C(C)C)cn2ncnc12. The van der Waals surface area contributed by atoms with Crippen LogP contribution in [0.15, 0.2) is 24.7 Å². The first-order valence-corrected chi connectivity index (χ1v) is 13.2. The third kappa shape index (κ3) is 3.70. The number of hydrogen-bond acceptors (Lipinski definition) is 5. The van der Waals surface area contributed by atoms with Crippen molar-refractivity contribution in [3.63, 3.8) is 0 Å². The summed E-state index contributed by atoms with van der Waals surface area (Å²) in [6.07, 6.45) is 9.56. The summed E-state index contributed by atoms with van der Waals surface area (Å²) >= 11 is 2.00. The maximum atomic E-state index is 9.90. The van der Waals surface area contributed by atoms with Crippen molar-refractivity contribution in [1.29, 1.82) is 0 Å². The van der Waals surface area contributed by atoms with Gasteiger partial charge >= 0.3 is 0 Å². The monoisotopic (exact) mass is 463 g/mol. The van der Waals surface area contributed by atoms with Gasteiger partial charge in [-0.25, -0.2) is 9.50 Å². The molecule has 0 spiro atoms. The van der Waals surface area contributed by atoms with Crippen molar-refractivity contribution in [2.45, 2.75) is 76.9 Å². The van der Waals surface area contributed by atoms with Crippen molar-refractivity contribution >= 4 is 27.2 Å². The van der Waals surface area contributed by atoms with Crippen molar-refractivity contribution in [1.82, 2.24) is 24.5 Å². The van der Waals surface area contributed by atoms with Gasteiger partial charge in [0.05, 0.1) is 22.0 Å². The van der Waals surface area contributed by atoms with Crippen LogP contribution in [0.3, 0.4) is 0 Å². The van der Waals surface area contributed by atoms with Crippen molar-refractivity contribution in [2.75, 3.05) is 13.1 Å². The number of aliphatic hydroxyl groups is 1. The van der Waals surface area contributed by atoms with Crippen LogP contribution >= 0.6 is 11.3 Å². The second-order valence-electron chi connectivity index (χ2n) is 10.3. The van der Waals surface area contributed by atoms with Gasteiger partial charge in [0.1, 0.15) is 6.33 Å². The van der Waals surface area contributed by atoms with Gasteiger partial charge in [-0.05, 0) is 74.1 Å². The fraction of sp³-hybridized carbons (Fsp3) is 0.538. The number of aliphatic hydroxyl groups excluding tert-OH is 1. The molecular formula is C26H33N5OS. The molecule has 1 saturated heterocycles. The number of aryl methyl sites for hydroxylation is 1. The molecule has 1 unspecified atom stereocenters. The van der Waals surface area contributed by atoms with Gasteiger partial charge < -0.3 is 10.1 Å². The van der Waals surface area contributed by atoms with Crippen LogP contribution in [0.5, 0.6) is 0 Å². The van der Waals surface area contributed by atoms with Crippen molar-refractivity contribution in [3.8, 4) is 11.3 Å². The molecular weight excluding hydrogens is 430 g/mol. The van der Waals surface area contributed by atoms with Crippen LogP contribution in [-0.2, 0) is 0 Å². The summed E-state index contributed by atoms with van der Waals surface area (Å²) in [5.41, 5.74) is 7.14. The van der Waals surface area contributed by atoms with E-state index in [1.54, 1.807) is 6.33 Å². The topological polar surface area (TPSA) is 69.5 Å². The Hall–Kier alpha value is -2.22. The van der Waals surface area contributed by atoms with E-state index in [-0.39, 0.29) is 6.10 Å². The Morgan fingerprint density at radius 3 is 2.70 bits per heavy atom. The fourth-order valence-corrected chi connectivity index (χ4v) is 7.54. The largest absolute Gasteiger partial charge is 0.392 e. The molecule has 2 N–H and O–H groups in total. The molecule has 33 heavy (non-hydrogen) atoms. The summed E-state index contributed by atoms with van der Waals surface area (Å²) in [6.45, 7) is 8.63. The van der Waals surface area contributed by atoms with E-state index in [0.29, 0.717) is 17.9 Å². The molecule has 6 rings (SSSR count). The van der Waals surface area contributed by atoms with E-state index in [1.807, 2.05) is 15.9 Å². The quantitative estimate of drug-likeness (QED) is 0.421. The number of hydrogen-bond donors (Lipinski definition) is 2. The third-order valence-corrected chi connectivity index (χ3v) is 9.09. The zero-order chi connectivity index (χ0) is 22.7. The third-order valence-electron chi connectivity index (χ3n) is 7.76. The number of fused-ring (bicyclic) bond motifs is 2. The highest BCUT2D eigenvalue weighted by Crippen LogP contribution is 2.45. The Morgan fingerprint density at radius 2 is 1.97 bits per heavy atom. The smallest absolute Gasteiger partial charge is 0.158 e. The van der Waals surface area contributed by atoms with Gasteiger partial charge in [-0.15, -0.1) is 11.3 Å². The van der Waals surface area contributed by atoms with E-state index in [1.165, 1.54) is 57.6 Å². The Bertz CT molecular complexity index is 1290. The summed E-state index contributed by atoms with van der Waals surface area (Å²) < 4.78 is 3.29. The summed E-state index contributed by atoms with van der Waals surface area (Å²) in [5, 5.41) is 14.3. The molecule has 174 valence electrons. The van der Waals surface area contributed by atoms with Gasteiger partial charge in [0.25, 0.3) is 0 Å². The summed E-state index contributed by atoms with van der Waals surface area (Å²) in [6, 6.07) is 5.31. The van der Waals surface area contributed by atoms with E-state index < -0.39 is 0 Å². The van der Waals surface area contributed by atoms with Gasteiger partial charge in [0.15, 0.2) is 5.65 Å². The van der Waals surface area contributed by atoms with Crippen LogP contribution < -0.4 is 0 Å². The highest BCUT2D eigenvalue weighted by molar-refractivity contribution is 7.19. The minimum Gasteiger partial charge on any atom is -0.392 e. The Balaban J connectivity index is 1.29. The van der Waals surface area contributed by atoms with Gasteiger partial charge in [-0.3, -0.25) is 4.90 Å². The first-order chi connectivity index (χ1) is 16.0. The van der Waals surface area contributed by atoms with Crippen molar-refractivity contribution in [3.05, 3.63) is 40.7 Å². The molecule has 1 atom stereocenters. The van der Waals surface area contributed by atoms with E-state index in [9.17, 15) is 5.11 Å². The van der Waals surface area contributed by atoms with Crippen LogP contribution in [0.25, 0.3) is 27.1 Å². The molecule has 0 amide bonds. The molecule has 0 bridgehead atoms. The minimum absolute atomic E-state index is 0.112. The van der Waals surface area contributed by atoms with E-state index in [0.717, 1.165) is 30.7 Å². The summed E-state index contributed by atoms with van der Waals surface area (Å²) in [5.74, 6) is 1.10. The van der Waals surface area contributed by atoms with Crippen molar-refractivity contribution < 1.29 is 5.11 Å². The second kappa shape index (κ2) is 8.22. The van der Waals surface area contributed by atoms with E-state index in [4.69, 9.17) is 0 Å². The Labute approximate surface area is 198 Å². The normalized spacial score (nSPS) is 24.6. The lowest BCUT2D eigenvalue weighted by molar-refractivity contribution is 0.138. The second-order valence-corrected chi connectivity index (χ2v) is 11.4. The summed E-state index contributed by atoms with van der Waals surface area (Å²) in [7, 11) is 0. The first kappa shape index (κ1) is 21.3. The standard InChI is InChI=1S/C26H33N5OS/c1-15(2)23-24(18-10-16(3)26-27-14-28-31(26)12-18)29-21-11-22(33-25(21)23)17-4-6-19(7-5-17)30-9-8-20(32)13-30/h10-12,14-15,17,19-20,29,32H,4-9,13H2,1-3H3. The highest BCUT2D eigenvalue weighted by atomic mass is 32.1. The molecule has 4 aromatic rings. The van der Waals surface area contributed by atoms with E-state index >= 15 is 0 Å². The molecule has 4 aromatic heterocycles. The molecule has 0 radical (unpaired) electrons. The number of H-pyrrole nitrogens is 1. The number of likely N-dealkylation sites (tertiary alicyclic amines) is 1. The number of β-amino-alcohol motifs (C(OH)–C–C–N with tert-alkyl or cyclic N) is 1. The average Bonchev–Trinajstić information content (AvgIpc) is 3.56. The lowest BCUT2D eigenvalue weighted by atomic mass is 9.84. The van der Waals surface area contributed by atoms with Crippen LogP contribution in [-0.4, -0.2) is 54.8 Å². The highest BCUT2D eigenvalue weighted by Gasteiger charge is 2.32. The van der Waals surface area contributed by atoms with Gasteiger partial charge in [0.2, 0.25) is 0 Å². The Kier molecular flexibility index (Phi) is 5.31. The Morgan fingerprint density at radius 1 is 1.15 bits per heavy atom. The maximum Gasteiger partial charge on any atom is 0.158 e. The van der Waals surface area contributed by atoms with Gasteiger partial charge in [-0.2, -0.15) is 5.10 Å².